The summed E-state index contributed by atoms with van der Waals surface area (Å²) < 4.78 is 43.0. The van der Waals surface area contributed by atoms with Gasteiger partial charge in [-0.3, -0.25) is 14.5 Å². The van der Waals surface area contributed by atoms with Crippen molar-refractivity contribution in [3.05, 3.63) is 59.7 Å². The summed E-state index contributed by atoms with van der Waals surface area (Å²) in [6.45, 7) is 2.64. The van der Waals surface area contributed by atoms with Crippen molar-refractivity contribution in [2.75, 3.05) is 38.2 Å². The number of carbonyl (C=O) groups excluding carboxylic acids is 2. The number of piperidine rings is 1. The first kappa shape index (κ1) is 25.6. The molecule has 2 amide bonds. The number of halogens is 3. The van der Waals surface area contributed by atoms with Crippen molar-refractivity contribution in [1.82, 2.24) is 10.2 Å². The topological polar surface area (TPSA) is 61.9 Å². The molecule has 1 N–H and O–H groups in total. The van der Waals surface area contributed by atoms with E-state index >= 15 is 0 Å². The van der Waals surface area contributed by atoms with Crippen molar-refractivity contribution in [2.45, 2.75) is 37.9 Å². The molecule has 3 rings (SSSR count). The summed E-state index contributed by atoms with van der Waals surface area (Å²) in [6, 6.07) is 15.4. The molecule has 0 spiro atoms. The van der Waals surface area contributed by atoms with E-state index in [4.69, 9.17) is 4.74 Å². The monoisotopic (exact) mass is 477 g/mol. The molecule has 1 saturated heterocycles. The minimum atomic E-state index is -4.52. The Labute approximate surface area is 197 Å². The fraction of sp³-hybridized carbons (Fsp3) is 0.440. The maximum Gasteiger partial charge on any atom is 0.405 e. The Morgan fingerprint density at radius 1 is 1.15 bits per heavy atom. The van der Waals surface area contributed by atoms with Gasteiger partial charge in [0.05, 0.1) is 12.8 Å². The Hall–Kier alpha value is -3.07. The first-order valence-corrected chi connectivity index (χ1v) is 11.1. The number of nitrogens with one attached hydrogen (secondary N) is 1. The van der Waals surface area contributed by atoms with Gasteiger partial charge in [0.25, 0.3) is 0 Å². The second kappa shape index (κ2) is 10.9. The number of hydrogen-bond acceptors (Lipinski definition) is 4. The number of benzene rings is 2. The molecule has 2 aromatic carbocycles. The lowest BCUT2D eigenvalue weighted by Crippen LogP contribution is -2.43. The van der Waals surface area contributed by atoms with Crippen LogP contribution in [0.3, 0.4) is 0 Å². The van der Waals surface area contributed by atoms with E-state index in [2.05, 4.69) is 24.0 Å². The summed E-state index contributed by atoms with van der Waals surface area (Å²) in [7, 11) is 1.54. The van der Waals surface area contributed by atoms with E-state index in [9.17, 15) is 22.8 Å². The number of likely N-dealkylation sites (tertiary alicyclic amines) is 1. The summed E-state index contributed by atoms with van der Waals surface area (Å²) >= 11 is 0. The lowest BCUT2D eigenvalue weighted by molar-refractivity contribution is -0.137. The van der Waals surface area contributed by atoms with Gasteiger partial charge >= 0.3 is 6.18 Å². The van der Waals surface area contributed by atoms with Crippen LogP contribution in [-0.4, -0.2) is 56.7 Å². The fourth-order valence-electron chi connectivity index (χ4n) is 4.42. The van der Waals surface area contributed by atoms with E-state index < -0.39 is 25.2 Å². The SMILES string of the molecule is COc1cccc(N(C=O)CC(=O)NCC(F)(F)F)c1C1(C)CCN(Cc2ccccc2)CC1. The zero-order valence-electron chi connectivity index (χ0n) is 19.4. The van der Waals surface area contributed by atoms with Crippen LogP contribution in [0.1, 0.15) is 30.9 Å². The molecule has 2 aromatic rings. The quantitative estimate of drug-likeness (QED) is 0.557. The van der Waals surface area contributed by atoms with Gasteiger partial charge in [0.2, 0.25) is 12.3 Å². The standard InChI is InChI=1S/C25H30F3N3O3/c1-24(11-13-30(14-12-24)15-19-7-4-3-5-8-19)23-20(9-6-10-21(23)34-2)31(18-32)16-22(33)29-17-25(26,27)28/h3-10,18H,11-17H2,1-2H3,(H,29,33). The van der Waals surface area contributed by atoms with Gasteiger partial charge in [-0.2, -0.15) is 13.2 Å². The van der Waals surface area contributed by atoms with Gasteiger partial charge in [-0.25, -0.2) is 0 Å². The van der Waals surface area contributed by atoms with Gasteiger partial charge in [-0.05, 0) is 43.6 Å². The zero-order valence-corrected chi connectivity index (χ0v) is 19.4. The third-order valence-corrected chi connectivity index (χ3v) is 6.27. The first-order chi connectivity index (χ1) is 16.1. The molecule has 6 nitrogen and oxygen atoms in total. The van der Waals surface area contributed by atoms with Crippen LogP contribution in [0.2, 0.25) is 0 Å². The molecule has 0 aromatic heterocycles. The van der Waals surface area contributed by atoms with E-state index in [0.717, 1.165) is 42.9 Å². The predicted molar refractivity (Wildman–Crippen MR) is 124 cm³/mol. The van der Waals surface area contributed by atoms with Crippen LogP contribution in [0, 0.1) is 0 Å². The summed E-state index contributed by atoms with van der Waals surface area (Å²) in [5, 5.41) is 1.82. The Kier molecular flexibility index (Phi) is 8.19. The number of alkyl halides is 3. The highest BCUT2D eigenvalue weighted by atomic mass is 19.4. The third-order valence-electron chi connectivity index (χ3n) is 6.27. The minimum Gasteiger partial charge on any atom is -0.496 e. The van der Waals surface area contributed by atoms with Crippen LogP contribution in [0.4, 0.5) is 18.9 Å². The molecule has 0 bridgehead atoms. The minimum absolute atomic E-state index is 0.348. The van der Waals surface area contributed by atoms with Gasteiger partial charge in [-0.15, -0.1) is 0 Å². The van der Waals surface area contributed by atoms with E-state index in [-0.39, 0.29) is 5.41 Å². The summed E-state index contributed by atoms with van der Waals surface area (Å²) in [5.74, 6) is -0.305. The normalized spacial score (nSPS) is 16.0. The maximum absolute atomic E-state index is 12.5. The average Bonchev–Trinajstić information content (AvgIpc) is 2.82. The van der Waals surface area contributed by atoms with E-state index in [0.29, 0.717) is 17.8 Å². The third kappa shape index (κ3) is 6.50. The number of ether oxygens (including phenoxy) is 1. The van der Waals surface area contributed by atoms with Gasteiger partial charge in [0.15, 0.2) is 0 Å². The second-order valence-corrected chi connectivity index (χ2v) is 8.80. The number of nitrogens with zero attached hydrogens (tertiary/aromatic N) is 2. The Balaban J connectivity index is 1.79. The molecule has 1 aliphatic rings. The van der Waals surface area contributed by atoms with Crippen molar-refractivity contribution in [3.63, 3.8) is 0 Å². The van der Waals surface area contributed by atoms with Gasteiger partial charge in [0, 0.05) is 17.5 Å². The van der Waals surface area contributed by atoms with E-state index in [1.165, 1.54) is 12.7 Å². The van der Waals surface area contributed by atoms with Crippen molar-refractivity contribution < 1.29 is 27.5 Å². The van der Waals surface area contributed by atoms with Crippen LogP contribution >= 0.6 is 0 Å². The largest absolute Gasteiger partial charge is 0.496 e. The Morgan fingerprint density at radius 2 is 1.82 bits per heavy atom. The van der Waals surface area contributed by atoms with E-state index in [1.54, 1.807) is 18.2 Å². The zero-order chi connectivity index (χ0) is 24.8. The average molecular weight is 478 g/mol. The van der Waals surface area contributed by atoms with Crippen molar-refractivity contribution in [1.29, 1.82) is 0 Å². The van der Waals surface area contributed by atoms with Gasteiger partial charge in [0.1, 0.15) is 18.8 Å². The van der Waals surface area contributed by atoms with Crippen molar-refractivity contribution in [3.8, 4) is 5.75 Å². The molecule has 9 heteroatoms. The molecule has 0 aliphatic carbocycles. The van der Waals surface area contributed by atoms with Crippen LogP contribution in [-0.2, 0) is 21.5 Å². The molecular formula is C25H30F3N3O3. The highest BCUT2D eigenvalue weighted by Crippen LogP contribution is 2.45. The number of anilines is 1. The molecule has 0 atom stereocenters. The maximum atomic E-state index is 12.5. The van der Waals surface area contributed by atoms with E-state index in [1.807, 2.05) is 23.5 Å². The number of methoxy groups -OCH3 is 1. The molecule has 184 valence electrons. The van der Waals surface area contributed by atoms with Crippen LogP contribution < -0.4 is 15.0 Å². The summed E-state index contributed by atoms with van der Waals surface area (Å²) in [5.41, 5.74) is 2.14. The smallest absolute Gasteiger partial charge is 0.405 e. The molecule has 1 aliphatic heterocycles. The van der Waals surface area contributed by atoms with Crippen molar-refractivity contribution >= 4 is 18.0 Å². The number of amides is 2. The number of hydrogen-bond donors (Lipinski definition) is 1. The molecule has 34 heavy (non-hydrogen) atoms. The molecule has 0 radical (unpaired) electrons. The molecular weight excluding hydrogens is 447 g/mol. The molecule has 0 unspecified atom stereocenters. The molecule has 0 saturated carbocycles. The summed E-state index contributed by atoms with van der Waals surface area (Å²) in [6.07, 6.45) is -2.47. The van der Waals surface area contributed by atoms with Crippen LogP contribution in [0.15, 0.2) is 48.5 Å². The Bertz CT molecular complexity index is 974. The van der Waals surface area contributed by atoms with Gasteiger partial charge < -0.3 is 15.0 Å². The summed E-state index contributed by atoms with van der Waals surface area (Å²) in [4.78, 5) is 27.5. The van der Waals surface area contributed by atoms with Crippen LogP contribution in [0.25, 0.3) is 0 Å². The highest BCUT2D eigenvalue weighted by molar-refractivity contribution is 5.90. The molecule has 1 heterocycles. The molecule has 1 fully saturated rings. The second-order valence-electron chi connectivity index (χ2n) is 8.80. The lowest BCUT2D eigenvalue weighted by atomic mass is 9.73. The Morgan fingerprint density at radius 3 is 2.41 bits per heavy atom. The highest BCUT2D eigenvalue weighted by Gasteiger charge is 2.37. The van der Waals surface area contributed by atoms with Crippen LogP contribution in [0.5, 0.6) is 5.75 Å². The predicted octanol–water partition coefficient (Wildman–Crippen LogP) is 3.89. The van der Waals surface area contributed by atoms with Crippen molar-refractivity contribution in [2.24, 2.45) is 0 Å². The number of carbonyl (C=O) groups is 2. The first-order valence-electron chi connectivity index (χ1n) is 11.1. The lowest BCUT2D eigenvalue weighted by Gasteiger charge is -2.42. The van der Waals surface area contributed by atoms with Gasteiger partial charge in [-0.1, -0.05) is 43.3 Å². The number of rotatable bonds is 9. The fourth-order valence-corrected chi connectivity index (χ4v) is 4.42.